The smallest absolute Gasteiger partial charge is 0.429 e. The number of hydrogen-bond donors (Lipinski definition) is 3. The van der Waals surface area contributed by atoms with Gasteiger partial charge in [-0.1, -0.05) is 135 Å². The van der Waals surface area contributed by atoms with E-state index in [2.05, 4.69) is 10.9 Å². The van der Waals surface area contributed by atoms with Crippen molar-refractivity contribution < 1.29 is 43.2 Å². The van der Waals surface area contributed by atoms with Crippen LogP contribution in [0.15, 0.2) is 121 Å². The van der Waals surface area contributed by atoms with Crippen molar-refractivity contribution >= 4 is 24.4 Å². The molecule has 0 radical (unpaired) electrons. The van der Waals surface area contributed by atoms with E-state index in [1.807, 2.05) is 24.3 Å². The van der Waals surface area contributed by atoms with E-state index in [4.69, 9.17) is 18.9 Å². The highest BCUT2D eigenvalue weighted by Gasteiger charge is 2.36. The largest absolute Gasteiger partial charge is 0.443 e. The summed E-state index contributed by atoms with van der Waals surface area (Å²) in [6, 6.07) is 33.8. The molecule has 0 fully saturated rings. The molecular formula is C39H44N4O9. The Kier molecular flexibility index (Phi) is 15.3. The SMILES string of the molecule is CC(C)[C@H](C[C@@H](CO)N(NC(=O)OCc1ccccc1)C(=O)OCc1ccccc1)N(NC(=O)OCc1ccccc1)C(=O)OCc1ccccc1. The van der Waals surface area contributed by atoms with E-state index < -0.39 is 43.1 Å². The average Bonchev–Trinajstić information content (AvgIpc) is 3.18. The van der Waals surface area contributed by atoms with Gasteiger partial charge in [0.2, 0.25) is 0 Å². The zero-order valence-electron chi connectivity index (χ0n) is 29.1. The van der Waals surface area contributed by atoms with E-state index in [9.17, 15) is 24.3 Å². The van der Waals surface area contributed by atoms with Crippen LogP contribution in [-0.2, 0) is 45.4 Å². The Balaban J connectivity index is 1.55. The molecule has 4 aromatic carbocycles. The Morgan fingerprint density at radius 2 is 0.865 bits per heavy atom. The van der Waals surface area contributed by atoms with Crippen LogP contribution in [0.2, 0.25) is 0 Å². The lowest BCUT2D eigenvalue weighted by molar-refractivity contribution is 0.00284. The third-order valence-corrected chi connectivity index (χ3v) is 7.84. The van der Waals surface area contributed by atoms with Gasteiger partial charge in [0.05, 0.1) is 18.7 Å². The molecule has 0 aromatic heterocycles. The molecule has 13 nitrogen and oxygen atoms in total. The minimum Gasteiger partial charge on any atom is -0.443 e. The maximum Gasteiger partial charge on any atom is 0.429 e. The van der Waals surface area contributed by atoms with Gasteiger partial charge in [0.1, 0.15) is 26.4 Å². The number of benzene rings is 4. The Morgan fingerprint density at radius 3 is 1.21 bits per heavy atom. The molecule has 4 aromatic rings. The van der Waals surface area contributed by atoms with Gasteiger partial charge in [-0.2, -0.15) is 0 Å². The molecule has 0 unspecified atom stereocenters. The molecule has 0 saturated carbocycles. The van der Waals surface area contributed by atoms with Gasteiger partial charge in [0.15, 0.2) is 0 Å². The van der Waals surface area contributed by atoms with Gasteiger partial charge in [0.25, 0.3) is 0 Å². The van der Waals surface area contributed by atoms with Gasteiger partial charge >= 0.3 is 24.4 Å². The Bertz CT molecular complexity index is 1680. The number of carbonyl (C=O) groups excluding carboxylic acids is 4. The van der Waals surface area contributed by atoms with E-state index in [1.54, 1.807) is 111 Å². The van der Waals surface area contributed by atoms with Crippen molar-refractivity contribution in [2.45, 2.75) is 58.8 Å². The van der Waals surface area contributed by atoms with Crippen LogP contribution in [0.25, 0.3) is 0 Å². The molecule has 0 saturated heterocycles. The number of hydrazine groups is 2. The van der Waals surface area contributed by atoms with Gasteiger partial charge < -0.3 is 24.1 Å². The maximum atomic E-state index is 13.7. The van der Waals surface area contributed by atoms with Crippen molar-refractivity contribution in [2.24, 2.45) is 5.92 Å². The van der Waals surface area contributed by atoms with Crippen molar-refractivity contribution in [1.82, 2.24) is 20.9 Å². The van der Waals surface area contributed by atoms with Gasteiger partial charge in [-0.15, -0.1) is 0 Å². The van der Waals surface area contributed by atoms with Crippen molar-refractivity contribution in [3.63, 3.8) is 0 Å². The minimum absolute atomic E-state index is 0.0682. The molecule has 4 amide bonds. The number of nitrogens with zero attached hydrogens (tertiary/aromatic N) is 2. The third kappa shape index (κ3) is 12.7. The zero-order valence-corrected chi connectivity index (χ0v) is 29.1. The molecule has 52 heavy (non-hydrogen) atoms. The number of carbonyl (C=O) groups is 4. The monoisotopic (exact) mass is 712 g/mol. The van der Waals surface area contributed by atoms with Crippen molar-refractivity contribution in [3.05, 3.63) is 144 Å². The summed E-state index contributed by atoms with van der Waals surface area (Å²) < 4.78 is 21.9. The van der Waals surface area contributed by atoms with E-state index in [0.29, 0.717) is 16.7 Å². The molecule has 274 valence electrons. The summed E-state index contributed by atoms with van der Waals surface area (Å²) in [6.07, 6.45) is -3.98. The summed E-state index contributed by atoms with van der Waals surface area (Å²) in [5.74, 6) is -0.389. The van der Waals surface area contributed by atoms with E-state index in [1.165, 1.54) is 0 Å². The number of rotatable bonds is 14. The highest BCUT2D eigenvalue weighted by molar-refractivity contribution is 5.75. The summed E-state index contributed by atoms with van der Waals surface area (Å²) in [6.45, 7) is 2.51. The first kappa shape index (κ1) is 38.7. The second-order valence-corrected chi connectivity index (χ2v) is 12.1. The van der Waals surface area contributed by atoms with Crippen LogP contribution in [0.4, 0.5) is 19.2 Å². The van der Waals surface area contributed by atoms with E-state index >= 15 is 0 Å². The maximum absolute atomic E-state index is 13.7. The molecular weight excluding hydrogens is 668 g/mol. The zero-order chi connectivity index (χ0) is 37.1. The van der Waals surface area contributed by atoms with Gasteiger partial charge in [-0.05, 0) is 34.6 Å². The van der Waals surface area contributed by atoms with Crippen molar-refractivity contribution in [3.8, 4) is 0 Å². The van der Waals surface area contributed by atoms with Crippen molar-refractivity contribution in [1.29, 1.82) is 0 Å². The normalized spacial score (nSPS) is 11.8. The molecule has 4 rings (SSSR count). The fourth-order valence-corrected chi connectivity index (χ4v) is 5.05. The highest BCUT2D eigenvalue weighted by Crippen LogP contribution is 2.21. The van der Waals surface area contributed by atoms with Crippen LogP contribution < -0.4 is 10.9 Å². The fraction of sp³-hybridized carbons (Fsp3) is 0.282. The molecule has 0 aliphatic heterocycles. The molecule has 0 heterocycles. The molecule has 0 aliphatic carbocycles. The van der Waals surface area contributed by atoms with Crippen LogP contribution >= 0.6 is 0 Å². The lowest BCUT2D eigenvalue weighted by atomic mass is 9.96. The standard InChI is InChI=1S/C39H44N4O9/c1-29(2)35(43(39(48)52-28-33-21-13-6-14-22-33)41-37(46)50-26-31-17-9-4-10-18-31)23-34(24-44)42(38(47)51-27-32-19-11-5-12-20-32)40-36(45)49-25-30-15-7-3-8-16-30/h3-22,29,34-35,44H,23-28H2,1-2H3,(H,40,45)(H,41,46)/t34-,35-/m0/s1. The highest BCUT2D eigenvalue weighted by atomic mass is 16.6. The number of nitrogens with one attached hydrogen (secondary N) is 2. The second-order valence-electron chi connectivity index (χ2n) is 12.1. The predicted molar refractivity (Wildman–Crippen MR) is 191 cm³/mol. The molecule has 0 bridgehead atoms. The summed E-state index contributed by atoms with van der Waals surface area (Å²) in [7, 11) is 0. The van der Waals surface area contributed by atoms with Crippen LogP contribution in [-0.4, -0.2) is 58.2 Å². The quantitative estimate of drug-likeness (QED) is 0.0954. The number of aliphatic hydroxyl groups excluding tert-OH is 1. The van der Waals surface area contributed by atoms with Crippen LogP contribution in [0.3, 0.4) is 0 Å². The van der Waals surface area contributed by atoms with Gasteiger partial charge in [-0.3, -0.25) is 0 Å². The molecule has 2 atom stereocenters. The number of amides is 4. The first-order valence-electron chi connectivity index (χ1n) is 16.8. The summed E-state index contributed by atoms with van der Waals surface area (Å²) in [5, 5.41) is 12.5. The lowest BCUT2D eigenvalue weighted by Gasteiger charge is -2.37. The van der Waals surface area contributed by atoms with Gasteiger partial charge in [-0.25, -0.2) is 40.0 Å². The summed E-state index contributed by atoms with van der Waals surface area (Å²) >= 11 is 0. The summed E-state index contributed by atoms with van der Waals surface area (Å²) in [4.78, 5) is 53.4. The Hall–Kier alpha value is -6.08. The molecule has 0 spiro atoms. The Morgan fingerprint density at radius 1 is 0.538 bits per heavy atom. The van der Waals surface area contributed by atoms with Crippen LogP contribution in [0.1, 0.15) is 42.5 Å². The van der Waals surface area contributed by atoms with Gasteiger partial charge in [0, 0.05) is 0 Å². The number of ether oxygens (including phenoxy) is 4. The lowest BCUT2D eigenvalue weighted by Crippen LogP contribution is -2.59. The third-order valence-electron chi connectivity index (χ3n) is 7.84. The second kappa shape index (κ2) is 20.6. The number of aliphatic hydroxyl groups is 1. The first-order chi connectivity index (χ1) is 25.2. The Labute approximate surface area is 303 Å². The average molecular weight is 713 g/mol. The topological polar surface area (TPSA) is 156 Å². The van der Waals surface area contributed by atoms with Crippen LogP contribution in [0.5, 0.6) is 0 Å². The molecule has 13 heteroatoms. The van der Waals surface area contributed by atoms with E-state index in [0.717, 1.165) is 15.6 Å². The summed E-state index contributed by atoms with van der Waals surface area (Å²) in [5.41, 5.74) is 7.74. The van der Waals surface area contributed by atoms with Crippen molar-refractivity contribution in [2.75, 3.05) is 6.61 Å². The fourth-order valence-electron chi connectivity index (χ4n) is 5.05. The first-order valence-corrected chi connectivity index (χ1v) is 16.8. The minimum atomic E-state index is -1.17. The number of hydrogen-bond acceptors (Lipinski definition) is 9. The van der Waals surface area contributed by atoms with E-state index in [-0.39, 0.29) is 38.8 Å². The molecule has 3 N–H and O–H groups in total. The molecule has 0 aliphatic rings. The predicted octanol–water partition coefficient (Wildman–Crippen LogP) is 6.72. The van der Waals surface area contributed by atoms with Crippen LogP contribution in [0, 0.1) is 5.92 Å².